The summed E-state index contributed by atoms with van der Waals surface area (Å²) < 4.78 is 28.7. The van der Waals surface area contributed by atoms with Crippen molar-refractivity contribution in [3.8, 4) is 0 Å². The second kappa shape index (κ2) is 10.0. The molecule has 23 heavy (non-hydrogen) atoms. The third kappa shape index (κ3) is 8.46. The highest BCUT2D eigenvalue weighted by atomic mass is 31.2. The van der Waals surface area contributed by atoms with Crippen LogP contribution in [0.3, 0.4) is 0 Å². The zero-order chi connectivity index (χ0) is 18.1. The first-order valence-corrected chi connectivity index (χ1v) is 9.29. The molecule has 0 spiro atoms. The fourth-order valence-corrected chi connectivity index (χ4v) is 3.50. The van der Waals surface area contributed by atoms with Crippen LogP contribution < -0.4 is 5.48 Å². The molecule has 9 heteroatoms. The molecule has 8 nitrogen and oxygen atoms in total. The standard InChI is InChI=1S/C14H29N2O6P/c1-7-16-22-12(15)10-11(13(17)21-14(4,5)6)23(18,19-8-2)20-9-3/h11,15-16H,7-10H2,1-6H3. The maximum absolute atomic E-state index is 12.9. The fourth-order valence-electron chi connectivity index (χ4n) is 1.65. The molecule has 0 saturated carbocycles. The molecule has 0 aliphatic heterocycles. The van der Waals surface area contributed by atoms with Crippen LogP contribution in [0.15, 0.2) is 0 Å². The number of carbonyl (C=O) groups excluding carboxylic acids is 1. The van der Waals surface area contributed by atoms with Gasteiger partial charge in [0.05, 0.1) is 19.6 Å². The van der Waals surface area contributed by atoms with Gasteiger partial charge in [-0.05, 0) is 41.5 Å². The van der Waals surface area contributed by atoms with E-state index >= 15 is 0 Å². The molecule has 1 unspecified atom stereocenters. The Bertz CT molecular complexity index is 425. The monoisotopic (exact) mass is 352 g/mol. The number of hydrogen-bond donors (Lipinski definition) is 2. The Morgan fingerprint density at radius 2 is 1.70 bits per heavy atom. The van der Waals surface area contributed by atoms with E-state index in [1.807, 2.05) is 0 Å². The lowest BCUT2D eigenvalue weighted by Crippen LogP contribution is -2.35. The lowest BCUT2D eigenvalue weighted by Gasteiger charge is -2.28. The van der Waals surface area contributed by atoms with Gasteiger partial charge in [-0.15, -0.1) is 0 Å². The Hall–Kier alpha value is -0.950. The van der Waals surface area contributed by atoms with E-state index in [1.165, 1.54) is 0 Å². The molecular weight excluding hydrogens is 323 g/mol. The summed E-state index contributed by atoms with van der Waals surface area (Å²) in [7, 11) is -3.78. The van der Waals surface area contributed by atoms with Crippen molar-refractivity contribution in [3.05, 3.63) is 0 Å². The van der Waals surface area contributed by atoms with Crippen LogP contribution in [0.1, 0.15) is 48.0 Å². The minimum absolute atomic E-state index is 0.109. The maximum atomic E-state index is 12.9. The summed E-state index contributed by atoms with van der Waals surface area (Å²) in [6, 6.07) is 0. The molecule has 0 saturated heterocycles. The third-order valence-electron chi connectivity index (χ3n) is 2.40. The van der Waals surface area contributed by atoms with E-state index in [4.69, 9.17) is 24.0 Å². The molecule has 136 valence electrons. The van der Waals surface area contributed by atoms with Crippen molar-refractivity contribution in [2.45, 2.75) is 59.2 Å². The highest BCUT2D eigenvalue weighted by molar-refractivity contribution is 7.55. The van der Waals surface area contributed by atoms with Gasteiger partial charge in [0.15, 0.2) is 5.66 Å². The van der Waals surface area contributed by atoms with Gasteiger partial charge in [-0.2, -0.15) is 5.48 Å². The minimum Gasteiger partial charge on any atom is -0.459 e. The lowest BCUT2D eigenvalue weighted by molar-refractivity contribution is -0.154. The summed E-state index contributed by atoms with van der Waals surface area (Å²) in [6.45, 7) is 10.9. The Morgan fingerprint density at radius 1 is 1.17 bits per heavy atom. The summed E-state index contributed by atoms with van der Waals surface area (Å²) in [5.74, 6) is -0.991. The van der Waals surface area contributed by atoms with Crippen molar-refractivity contribution < 1.29 is 28.0 Å². The third-order valence-corrected chi connectivity index (χ3v) is 4.79. The quantitative estimate of drug-likeness (QED) is 0.205. The first-order chi connectivity index (χ1) is 10.6. The van der Waals surface area contributed by atoms with Crippen LogP contribution in [0.5, 0.6) is 0 Å². The predicted octanol–water partition coefficient (Wildman–Crippen LogP) is 2.87. The van der Waals surface area contributed by atoms with Crippen molar-refractivity contribution in [1.29, 1.82) is 5.41 Å². The van der Waals surface area contributed by atoms with Crippen LogP contribution in [-0.2, 0) is 28.0 Å². The second-order valence-corrected chi connectivity index (χ2v) is 7.87. The highest BCUT2D eigenvalue weighted by Crippen LogP contribution is 2.55. The smallest absolute Gasteiger partial charge is 0.345 e. The van der Waals surface area contributed by atoms with Crippen LogP contribution >= 0.6 is 7.60 Å². The molecule has 0 bridgehead atoms. The van der Waals surface area contributed by atoms with Crippen molar-refractivity contribution >= 4 is 19.5 Å². The topological polar surface area (TPSA) is 107 Å². The van der Waals surface area contributed by atoms with Crippen molar-refractivity contribution in [2.24, 2.45) is 0 Å². The molecule has 2 N–H and O–H groups in total. The van der Waals surface area contributed by atoms with Gasteiger partial charge in [0.25, 0.3) is 0 Å². The number of carbonyl (C=O) groups is 1. The number of ether oxygens (including phenoxy) is 1. The van der Waals surface area contributed by atoms with E-state index in [2.05, 4.69) is 5.48 Å². The SMILES string of the molecule is CCNOC(=N)CC(C(=O)OC(C)(C)C)P(=O)(OCC)OCC. The summed E-state index contributed by atoms with van der Waals surface area (Å²) >= 11 is 0. The van der Waals surface area contributed by atoms with Crippen molar-refractivity contribution in [2.75, 3.05) is 19.8 Å². The lowest BCUT2D eigenvalue weighted by atomic mass is 10.2. The Balaban J connectivity index is 5.37. The highest BCUT2D eigenvalue weighted by Gasteiger charge is 2.44. The zero-order valence-electron chi connectivity index (χ0n) is 14.8. The Labute approximate surface area is 138 Å². The van der Waals surface area contributed by atoms with Crippen LogP contribution in [0.25, 0.3) is 0 Å². The van der Waals surface area contributed by atoms with E-state index in [0.717, 1.165) is 0 Å². The van der Waals surface area contributed by atoms with Gasteiger partial charge in [0, 0.05) is 6.54 Å². The molecule has 0 aromatic heterocycles. The number of rotatable bonds is 10. The van der Waals surface area contributed by atoms with E-state index < -0.39 is 24.8 Å². The molecule has 0 rings (SSSR count). The summed E-state index contributed by atoms with van der Waals surface area (Å²) in [4.78, 5) is 17.4. The van der Waals surface area contributed by atoms with Gasteiger partial charge in [0.1, 0.15) is 5.60 Å². The molecule has 0 fully saturated rings. The van der Waals surface area contributed by atoms with Gasteiger partial charge < -0.3 is 18.6 Å². The largest absolute Gasteiger partial charge is 0.459 e. The molecule has 0 amide bonds. The number of esters is 1. The van der Waals surface area contributed by atoms with Crippen LogP contribution in [0, 0.1) is 5.41 Å². The number of hydroxylamine groups is 1. The average molecular weight is 352 g/mol. The molecule has 0 aromatic rings. The molecular formula is C14H29N2O6P. The van der Waals surface area contributed by atoms with Gasteiger partial charge in [-0.25, -0.2) is 0 Å². The molecule has 0 aromatic carbocycles. The molecule has 0 heterocycles. The van der Waals surface area contributed by atoms with E-state index in [1.54, 1.807) is 41.5 Å². The van der Waals surface area contributed by atoms with Gasteiger partial charge in [-0.3, -0.25) is 14.8 Å². The Kier molecular flexibility index (Phi) is 9.61. The maximum Gasteiger partial charge on any atom is 0.345 e. The van der Waals surface area contributed by atoms with Crippen LogP contribution in [0.2, 0.25) is 0 Å². The van der Waals surface area contributed by atoms with Crippen molar-refractivity contribution in [1.82, 2.24) is 5.48 Å². The number of nitrogens with one attached hydrogen (secondary N) is 2. The van der Waals surface area contributed by atoms with E-state index in [-0.39, 0.29) is 25.5 Å². The second-order valence-electron chi connectivity index (χ2n) is 5.65. The van der Waals surface area contributed by atoms with E-state index in [9.17, 15) is 9.36 Å². The summed E-state index contributed by atoms with van der Waals surface area (Å²) in [5.41, 5.74) is 0.491. The minimum atomic E-state index is -3.78. The number of hydrogen-bond acceptors (Lipinski definition) is 8. The summed E-state index contributed by atoms with van der Waals surface area (Å²) in [6.07, 6.45) is -0.251. The molecule has 0 aliphatic rings. The molecule has 1 atom stereocenters. The van der Waals surface area contributed by atoms with Gasteiger partial charge in [-0.1, -0.05) is 0 Å². The average Bonchev–Trinajstić information content (AvgIpc) is 2.40. The first kappa shape index (κ1) is 22.1. The normalized spacial score (nSPS) is 13.5. The fraction of sp³-hybridized carbons (Fsp3) is 0.857. The molecule has 0 radical (unpaired) electrons. The zero-order valence-corrected chi connectivity index (χ0v) is 15.7. The predicted molar refractivity (Wildman–Crippen MR) is 87.6 cm³/mol. The summed E-state index contributed by atoms with van der Waals surface area (Å²) in [5, 5.41) is 7.77. The Morgan fingerprint density at radius 3 is 2.09 bits per heavy atom. The van der Waals surface area contributed by atoms with Crippen LogP contribution in [-0.4, -0.2) is 42.9 Å². The van der Waals surface area contributed by atoms with Crippen molar-refractivity contribution in [3.63, 3.8) is 0 Å². The molecule has 0 aliphatic carbocycles. The van der Waals surface area contributed by atoms with Gasteiger partial charge >= 0.3 is 13.6 Å². The van der Waals surface area contributed by atoms with Crippen LogP contribution in [0.4, 0.5) is 0 Å². The van der Waals surface area contributed by atoms with E-state index in [0.29, 0.717) is 6.54 Å². The first-order valence-electron chi connectivity index (χ1n) is 7.68. The van der Waals surface area contributed by atoms with Gasteiger partial charge in [0.2, 0.25) is 5.90 Å².